The molecule has 1 aromatic heterocycles. The molecule has 11 heavy (non-hydrogen) atoms. The Bertz CT molecular complexity index is 237. The van der Waals surface area contributed by atoms with Crippen molar-refractivity contribution in [2.24, 2.45) is 5.92 Å². The third kappa shape index (κ3) is 2.38. The zero-order chi connectivity index (χ0) is 8.10. The summed E-state index contributed by atoms with van der Waals surface area (Å²) in [7, 11) is 0. The minimum absolute atomic E-state index is 0.292. The van der Waals surface area contributed by atoms with E-state index in [1.807, 2.05) is 6.92 Å². The maximum Gasteiger partial charge on any atom is 0.226 e. The molecule has 4 nitrogen and oxygen atoms in total. The van der Waals surface area contributed by atoms with Crippen molar-refractivity contribution in [1.29, 1.82) is 5.26 Å². The van der Waals surface area contributed by atoms with E-state index in [0.29, 0.717) is 24.7 Å². The largest absolute Gasteiger partial charge is 0.340 e. The first-order valence-electron chi connectivity index (χ1n) is 3.45. The fourth-order valence-electron chi connectivity index (χ4n) is 0.812. The van der Waals surface area contributed by atoms with Crippen LogP contribution in [0.25, 0.3) is 0 Å². The lowest BCUT2D eigenvalue weighted by molar-refractivity contribution is 0.358. The molecule has 0 bridgehead atoms. The standard InChI is InChI=1S/C7H9N3O/c1-6(2-3-8)4-7-9-5-10-11-7/h5-6H,2,4H2,1H3. The van der Waals surface area contributed by atoms with Gasteiger partial charge in [-0.05, 0) is 5.92 Å². The van der Waals surface area contributed by atoms with Crippen molar-refractivity contribution in [3.05, 3.63) is 12.2 Å². The highest BCUT2D eigenvalue weighted by Crippen LogP contribution is 2.07. The van der Waals surface area contributed by atoms with E-state index in [1.54, 1.807) is 0 Å². The van der Waals surface area contributed by atoms with Crippen molar-refractivity contribution in [1.82, 2.24) is 10.1 Å². The van der Waals surface area contributed by atoms with E-state index in [2.05, 4.69) is 16.2 Å². The fourth-order valence-corrected chi connectivity index (χ4v) is 0.812. The molecule has 1 unspecified atom stereocenters. The van der Waals surface area contributed by atoms with E-state index in [0.717, 1.165) is 0 Å². The van der Waals surface area contributed by atoms with Gasteiger partial charge in [0.2, 0.25) is 5.89 Å². The second-order valence-electron chi connectivity index (χ2n) is 2.51. The highest BCUT2D eigenvalue weighted by Gasteiger charge is 2.06. The van der Waals surface area contributed by atoms with Gasteiger partial charge in [0.25, 0.3) is 0 Å². The Morgan fingerprint density at radius 2 is 2.64 bits per heavy atom. The lowest BCUT2D eigenvalue weighted by Gasteiger charge is -1.99. The molecule has 1 aromatic rings. The van der Waals surface area contributed by atoms with E-state index >= 15 is 0 Å². The number of aromatic nitrogens is 2. The van der Waals surface area contributed by atoms with Gasteiger partial charge in [-0.25, -0.2) is 0 Å². The van der Waals surface area contributed by atoms with Gasteiger partial charge in [0, 0.05) is 12.8 Å². The molecule has 0 spiro atoms. The highest BCUT2D eigenvalue weighted by molar-refractivity contribution is 4.82. The summed E-state index contributed by atoms with van der Waals surface area (Å²) in [5.74, 6) is 0.896. The zero-order valence-electron chi connectivity index (χ0n) is 6.32. The average molecular weight is 151 g/mol. The smallest absolute Gasteiger partial charge is 0.226 e. The first kappa shape index (κ1) is 7.73. The molecule has 0 aliphatic heterocycles. The van der Waals surface area contributed by atoms with Crippen LogP contribution in [-0.2, 0) is 6.42 Å². The maximum absolute atomic E-state index is 8.35. The second kappa shape index (κ2) is 3.71. The molecule has 0 aliphatic rings. The first-order valence-corrected chi connectivity index (χ1v) is 3.45. The van der Waals surface area contributed by atoms with Crippen LogP contribution in [-0.4, -0.2) is 10.1 Å². The predicted octanol–water partition coefficient (Wildman–Crippen LogP) is 1.16. The summed E-state index contributed by atoms with van der Waals surface area (Å²) in [6, 6.07) is 2.09. The van der Waals surface area contributed by atoms with Crippen LogP contribution in [0.4, 0.5) is 0 Å². The van der Waals surface area contributed by atoms with Crippen molar-refractivity contribution < 1.29 is 4.52 Å². The topological polar surface area (TPSA) is 62.7 Å². The predicted molar refractivity (Wildman–Crippen MR) is 37.4 cm³/mol. The number of nitriles is 1. The third-order valence-electron chi connectivity index (χ3n) is 1.37. The molecule has 0 fully saturated rings. The molecule has 1 atom stereocenters. The Morgan fingerprint density at radius 3 is 3.18 bits per heavy atom. The number of hydrogen-bond acceptors (Lipinski definition) is 4. The third-order valence-corrected chi connectivity index (χ3v) is 1.37. The molecule has 0 saturated carbocycles. The summed E-state index contributed by atoms with van der Waals surface area (Å²) in [5, 5.41) is 11.8. The molecule has 0 radical (unpaired) electrons. The lowest BCUT2D eigenvalue weighted by Crippen LogP contribution is -1.98. The molecule has 0 saturated heterocycles. The van der Waals surface area contributed by atoms with Gasteiger partial charge >= 0.3 is 0 Å². The molecule has 58 valence electrons. The van der Waals surface area contributed by atoms with Crippen LogP contribution in [0, 0.1) is 17.2 Å². The van der Waals surface area contributed by atoms with E-state index < -0.39 is 0 Å². The SMILES string of the molecule is CC(CC#N)Cc1ncno1. The summed E-state index contributed by atoms with van der Waals surface area (Å²) >= 11 is 0. The highest BCUT2D eigenvalue weighted by atomic mass is 16.5. The average Bonchev–Trinajstić information content (AvgIpc) is 2.40. The van der Waals surface area contributed by atoms with Crippen LogP contribution in [0.5, 0.6) is 0 Å². The number of nitrogens with zero attached hydrogens (tertiary/aromatic N) is 3. The molecular weight excluding hydrogens is 142 g/mol. The molecule has 0 aliphatic carbocycles. The Balaban J connectivity index is 2.38. The number of hydrogen-bond donors (Lipinski definition) is 0. The van der Waals surface area contributed by atoms with Gasteiger partial charge in [-0.2, -0.15) is 10.2 Å². The van der Waals surface area contributed by atoms with Gasteiger partial charge in [-0.1, -0.05) is 12.1 Å². The van der Waals surface area contributed by atoms with Crippen LogP contribution in [0.15, 0.2) is 10.9 Å². The van der Waals surface area contributed by atoms with Crippen LogP contribution >= 0.6 is 0 Å². The fraction of sp³-hybridized carbons (Fsp3) is 0.571. The molecule has 1 heterocycles. The van der Waals surface area contributed by atoms with Crippen LogP contribution < -0.4 is 0 Å². The van der Waals surface area contributed by atoms with Crippen molar-refractivity contribution >= 4 is 0 Å². The Morgan fingerprint density at radius 1 is 1.82 bits per heavy atom. The van der Waals surface area contributed by atoms with E-state index in [-0.39, 0.29) is 0 Å². The lowest BCUT2D eigenvalue weighted by atomic mass is 10.1. The van der Waals surface area contributed by atoms with Gasteiger partial charge in [0.15, 0.2) is 6.33 Å². The molecule has 0 aromatic carbocycles. The summed E-state index contributed by atoms with van der Waals surface area (Å²) in [4.78, 5) is 3.85. The van der Waals surface area contributed by atoms with Crippen molar-refractivity contribution in [3.8, 4) is 6.07 Å². The Labute approximate surface area is 64.8 Å². The summed E-state index contributed by atoms with van der Waals surface area (Å²) in [6.45, 7) is 1.98. The monoisotopic (exact) mass is 151 g/mol. The van der Waals surface area contributed by atoms with Crippen molar-refractivity contribution in [2.75, 3.05) is 0 Å². The molecule has 4 heteroatoms. The Kier molecular flexibility index (Phi) is 2.61. The minimum atomic E-state index is 0.292. The molecule has 1 rings (SSSR count). The quantitative estimate of drug-likeness (QED) is 0.650. The van der Waals surface area contributed by atoms with Gasteiger partial charge < -0.3 is 4.52 Å². The number of rotatable bonds is 3. The van der Waals surface area contributed by atoms with Gasteiger partial charge in [-0.3, -0.25) is 0 Å². The summed E-state index contributed by atoms with van der Waals surface area (Å²) < 4.78 is 4.78. The zero-order valence-corrected chi connectivity index (χ0v) is 6.32. The summed E-state index contributed by atoms with van der Waals surface area (Å²) in [6.07, 6.45) is 2.59. The molecule has 0 amide bonds. The normalized spacial score (nSPS) is 12.4. The Hall–Kier alpha value is -1.37. The molecular formula is C7H9N3O. The van der Waals surface area contributed by atoms with Gasteiger partial charge in [-0.15, -0.1) is 0 Å². The van der Waals surface area contributed by atoms with Gasteiger partial charge in [0.1, 0.15) is 0 Å². The minimum Gasteiger partial charge on any atom is -0.340 e. The second-order valence-corrected chi connectivity index (χ2v) is 2.51. The molecule has 0 N–H and O–H groups in total. The van der Waals surface area contributed by atoms with E-state index in [9.17, 15) is 0 Å². The van der Waals surface area contributed by atoms with Gasteiger partial charge in [0.05, 0.1) is 6.07 Å². The summed E-state index contributed by atoms with van der Waals surface area (Å²) in [5.41, 5.74) is 0. The van der Waals surface area contributed by atoms with Crippen molar-refractivity contribution in [2.45, 2.75) is 19.8 Å². The van der Waals surface area contributed by atoms with Crippen LogP contribution in [0.2, 0.25) is 0 Å². The van der Waals surface area contributed by atoms with E-state index in [1.165, 1.54) is 6.33 Å². The first-order chi connectivity index (χ1) is 5.33. The van der Waals surface area contributed by atoms with Crippen LogP contribution in [0.1, 0.15) is 19.2 Å². The van der Waals surface area contributed by atoms with E-state index in [4.69, 9.17) is 9.78 Å². The van der Waals surface area contributed by atoms with Crippen LogP contribution in [0.3, 0.4) is 0 Å². The maximum atomic E-state index is 8.35. The van der Waals surface area contributed by atoms with Crippen molar-refractivity contribution in [3.63, 3.8) is 0 Å².